The Bertz CT molecular complexity index is 351. The third kappa shape index (κ3) is 3.30. The second kappa shape index (κ2) is 5.99. The van der Waals surface area contributed by atoms with Crippen molar-refractivity contribution in [2.75, 3.05) is 0 Å². The highest BCUT2D eigenvalue weighted by molar-refractivity contribution is 7.99. The van der Waals surface area contributed by atoms with Crippen molar-refractivity contribution in [3.8, 4) is 0 Å². The first-order chi connectivity index (χ1) is 7.88. The van der Waals surface area contributed by atoms with Crippen LogP contribution in [0, 0.1) is 0 Å². The number of hydrogen-bond acceptors (Lipinski definition) is 4. The van der Waals surface area contributed by atoms with Crippen molar-refractivity contribution in [2.24, 2.45) is 0 Å². The maximum atomic E-state index is 10.6. The molecule has 1 aliphatic carbocycles. The first kappa shape index (κ1) is 11.6. The van der Waals surface area contributed by atoms with Gasteiger partial charge in [0.15, 0.2) is 6.29 Å². The Morgan fingerprint density at radius 1 is 1.38 bits per heavy atom. The molecular weight excluding hydrogens is 220 g/mol. The zero-order chi connectivity index (χ0) is 11.2. The predicted octanol–water partition coefficient (Wildman–Crippen LogP) is 2.86. The molecule has 0 N–H and O–H groups in total. The molecule has 1 aromatic heterocycles. The molecule has 0 aliphatic heterocycles. The molecule has 0 atom stereocenters. The van der Waals surface area contributed by atoms with Crippen LogP contribution in [-0.2, 0) is 5.75 Å². The van der Waals surface area contributed by atoms with Crippen molar-refractivity contribution in [1.29, 1.82) is 0 Å². The molecule has 0 amide bonds. The van der Waals surface area contributed by atoms with E-state index in [0.717, 1.165) is 23.1 Å². The van der Waals surface area contributed by atoms with Gasteiger partial charge >= 0.3 is 0 Å². The fraction of sp³-hybridized carbons (Fsp3) is 0.583. The summed E-state index contributed by atoms with van der Waals surface area (Å²) in [6.07, 6.45) is 9.16. The number of rotatable bonds is 4. The van der Waals surface area contributed by atoms with Gasteiger partial charge < -0.3 is 0 Å². The van der Waals surface area contributed by atoms with Gasteiger partial charge in [-0.15, -0.1) is 0 Å². The van der Waals surface area contributed by atoms with Gasteiger partial charge in [-0.3, -0.25) is 4.79 Å². The highest BCUT2D eigenvalue weighted by atomic mass is 32.2. The minimum Gasteiger partial charge on any atom is -0.296 e. The molecule has 0 saturated heterocycles. The van der Waals surface area contributed by atoms with Crippen LogP contribution in [-0.4, -0.2) is 21.5 Å². The Hall–Kier alpha value is -0.900. The summed E-state index contributed by atoms with van der Waals surface area (Å²) in [5.41, 5.74) is 0.481. The van der Waals surface area contributed by atoms with Crippen molar-refractivity contribution in [3.63, 3.8) is 0 Å². The molecule has 1 aromatic rings. The van der Waals surface area contributed by atoms with E-state index in [9.17, 15) is 4.79 Å². The topological polar surface area (TPSA) is 42.9 Å². The van der Waals surface area contributed by atoms with E-state index in [1.807, 2.05) is 11.8 Å². The highest BCUT2D eigenvalue weighted by Gasteiger charge is 2.14. The molecule has 4 heteroatoms. The number of thioether (sulfide) groups is 1. The van der Waals surface area contributed by atoms with Gasteiger partial charge in [-0.05, 0) is 18.9 Å². The maximum absolute atomic E-state index is 10.6. The van der Waals surface area contributed by atoms with Crippen molar-refractivity contribution in [1.82, 2.24) is 9.97 Å². The number of aldehydes is 1. The van der Waals surface area contributed by atoms with Crippen molar-refractivity contribution >= 4 is 18.0 Å². The molecule has 0 aromatic carbocycles. The highest BCUT2D eigenvalue weighted by Crippen LogP contribution is 2.29. The summed E-state index contributed by atoms with van der Waals surface area (Å²) in [6, 6.07) is 1.64. The van der Waals surface area contributed by atoms with Gasteiger partial charge in [-0.25, -0.2) is 9.97 Å². The molecule has 0 unspecified atom stereocenters. The van der Waals surface area contributed by atoms with Crippen LogP contribution >= 0.6 is 11.8 Å². The minimum atomic E-state index is 0.481. The van der Waals surface area contributed by atoms with E-state index in [1.54, 1.807) is 12.3 Å². The van der Waals surface area contributed by atoms with Crippen LogP contribution in [0.4, 0.5) is 0 Å². The van der Waals surface area contributed by atoms with E-state index in [1.165, 1.54) is 32.1 Å². The maximum Gasteiger partial charge on any atom is 0.168 e. The fourth-order valence-electron chi connectivity index (χ4n) is 1.97. The summed E-state index contributed by atoms with van der Waals surface area (Å²) in [5.74, 6) is 1.60. The molecule has 0 bridgehead atoms. The van der Waals surface area contributed by atoms with Crippen LogP contribution in [0.3, 0.4) is 0 Å². The molecule has 0 radical (unpaired) electrons. The summed E-state index contributed by atoms with van der Waals surface area (Å²) in [6.45, 7) is 0. The van der Waals surface area contributed by atoms with Crippen LogP contribution in [0.1, 0.15) is 48.4 Å². The van der Waals surface area contributed by atoms with Gasteiger partial charge in [-0.2, -0.15) is 11.8 Å². The third-order valence-corrected chi connectivity index (χ3v) is 4.22. The molecule has 2 rings (SSSR count). The average molecular weight is 236 g/mol. The molecule has 3 nitrogen and oxygen atoms in total. The van der Waals surface area contributed by atoms with E-state index < -0.39 is 0 Å². The molecule has 86 valence electrons. The number of aromatic nitrogens is 2. The normalized spacial score (nSPS) is 17.2. The molecule has 16 heavy (non-hydrogen) atoms. The second-order valence-electron chi connectivity index (χ2n) is 4.09. The molecular formula is C12H16N2OS. The van der Waals surface area contributed by atoms with Gasteiger partial charge in [0, 0.05) is 11.4 Å². The van der Waals surface area contributed by atoms with E-state index in [-0.39, 0.29) is 0 Å². The minimum absolute atomic E-state index is 0.481. The number of hydrogen-bond donors (Lipinski definition) is 0. The number of carbonyl (C=O) groups excluding carboxylic acids is 1. The van der Waals surface area contributed by atoms with Gasteiger partial charge in [0.25, 0.3) is 0 Å². The van der Waals surface area contributed by atoms with Gasteiger partial charge in [0.05, 0.1) is 5.75 Å². The zero-order valence-electron chi connectivity index (χ0n) is 9.26. The number of carbonyl (C=O) groups is 1. The first-order valence-corrected chi connectivity index (χ1v) is 6.82. The lowest BCUT2D eigenvalue weighted by molar-refractivity contribution is 0.111. The van der Waals surface area contributed by atoms with Crippen molar-refractivity contribution < 1.29 is 4.79 Å². The number of nitrogens with zero attached hydrogens (tertiary/aromatic N) is 2. The summed E-state index contributed by atoms with van der Waals surface area (Å²) in [4.78, 5) is 18.9. The summed E-state index contributed by atoms with van der Waals surface area (Å²) >= 11 is 1.93. The van der Waals surface area contributed by atoms with Gasteiger partial charge in [-0.1, -0.05) is 19.3 Å². The van der Waals surface area contributed by atoms with E-state index >= 15 is 0 Å². The monoisotopic (exact) mass is 236 g/mol. The smallest absolute Gasteiger partial charge is 0.168 e. The van der Waals surface area contributed by atoms with Gasteiger partial charge in [0.2, 0.25) is 0 Å². The lowest BCUT2D eigenvalue weighted by Crippen LogP contribution is -2.09. The second-order valence-corrected chi connectivity index (χ2v) is 5.38. The summed E-state index contributed by atoms with van der Waals surface area (Å²) in [5, 5.41) is 0.761. The zero-order valence-corrected chi connectivity index (χ0v) is 10.1. The van der Waals surface area contributed by atoms with Crippen LogP contribution in [0.25, 0.3) is 0 Å². The Labute approximate surface area is 100 Å². The van der Waals surface area contributed by atoms with Crippen LogP contribution in [0.5, 0.6) is 0 Å². The fourth-order valence-corrected chi connectivity index (χ4v) is 3.16. The average Bonchev–Trinajstić information content (AvgIpc) is 2.38. The Morgan fingerprint density at radius 2 is 2.19 bits per heavy atom. The lowest BCUT2D eigenvalue weighted by atomic mass is 10.0. The quantitative estimate of drug-likeness (QED) is 0.754. The summed E-state index contributed by atoms with van der Waals surface area (Å²) in [7, 11) is 0. The van der Waals surface area contributed by atoms with E-state index in [4.69, 9.17) is 0 Å². The van der Waals surface area contributed by atoms with Crippen LogP contribution in [0.15, 0.2) is 12.3 Å². The van der Waals surface area contributed by atoms with Crippen LogP contribution in [0.2, 0.25) is 0 Å². The molecule has 1 aliphatic rings. The van der Waals surface area contributed by atoms with E-state index in [2.05, 4.69) is 9.97 Å². The summed E-state index contributed by atoms with van der Waals surface area (Å²) < 4.78 is 0. The molecule has 0 spiro atoms. The molecule has 1 saturated carbocycles. The van der Waals surface area contributed by atoms with Gasteiger partial charge in [0.1, 0.15) is 11.5 Å². The Kier molecular flexibility index (Phi) is 4.34. The van der Waals surface area contributed by atoms with E-state index in [0.29, 0.717) is 5.69 Å². The molecule has 1 fully saturated rings. The Morgan fingerprint density at radius 3 is 2.94 bits per heavy atom. The molecule has 1 heterocycles. The first-order valence-electron chi connectivity index (χ1n) is 5.77. The third-order valence-electron chi connectivity index (χ3n) is 2.85. The van der Waals surface area contributed by atoms with Crippen LogP contribution < -0.4 is 0 Å². The van der Waals surface area contributed by atoms with Crippen molar-refractivity contribution in [2.45, 2.75) is 43.1 Å². The predicted molar refractivity (Wildman–Crippen MR) is 65.6 cm³/mol. The Balaban J connectivity index is 1.85. The van der Waals surface area contributed by atoms with Crippen molar-refractivity contribution in [3.05, 3.63) is 23.8 Å². The SMILES string of the molecule is O=Cc1ccnc(CSC2CCCCC2)n1. The largest absolute Gasteiger partial charge is 0.296 e. The standard InChI is InChI=1S/C12H16N2OS/c15-8-10-6-7-13-12(14-10)9-16-11-4-2-1-3-5-11/h6-8,11H,1-5,9H2. The lowest BCUT2D eigenvalue weighted by Gasteiger charge is -2.20.